The van der Waals surface area contributed by atoms with Gasteiger partial charge in [0.05, 0.1) is 18.8 Å². The number of ether oxygens (including phenoxy) is 1. The van der Waals surface area contributed by atoms with E-state index in [0.717, 1.165) is 13.1 Å². The summed E-state index contributed by atoms with van der Waals surface area (Å²) >= 11 is 0. The van der Waals surface area contributed by atoms with Crippen molar-refractivity contribution in [2.24, 2.45) is 0 Å². The fraction of sp³-hybridized carbons (Fsp3) is 0.474. The van der Waals surface area contributed by atoms with Gasteiger partial charge in [-0.05, 0) is 11.6 Å². The number of carbonyl (C=O) groups is 2. The molecule has 0 aliphatic carbocycles. The molecule has 2 aliphatic rings. The van der Waals surface area contributed by atoms with Crippen LogP contribution in [-0.4, -0.2) is 66.5 Å². The smallest absolute Gasteiger partial charge is 0.243 e. The normalized spacial score (nSPS) is 23.1. The molecule has 2 atom stereocenters. The van der Waals surface area contributed by atoms with Gasteiger partial charge >= 0.3 is 0 Å². The molecule has 25 heavy (non-hydrogen) atoms. The van der Waals surface area contributed by atoms with Gasteiger partial charge in [-0.3, -0.25) is 14.5 Å². The van der Waals surface area contributed by atoms with Crippen molar-refractivity contribution in [1.82, 2.24) is 15.1 Å². The highest BCUT2D eigenvalue weighted by Gasteiger charge is 2.41. The summed E-state index contributed by atoms with van der Waals surface area (Å²) in [5, 5.41) is 2.64. The molecule has 2 saturated heterocycles. The van der Waals surface area contributed by atoms with Gasteiger partial charge in [0, 0.05) is 39.1 Å². The highest BCUT2D eigenvalue weighted by molar-refractivity contribution is 5.87. The van der Waals surface area contributed by atoms with Crippen LogP contribution in [0.2, 0.25) is 0 Å². The van der Waals surface area contributed by atoms with Crippen LogP contribution in [0.5, 0.6) is 0 Å². The maximum Gasteiger partial charge on any atom is 0.243 e. The van der Waals surface area contributed by atoms with E-state index in [-0.39, 0.29) is 24.0 Å². The third kappa shape index (κ3) is 4.46. The fourth-order valence-corrected chi connectivity index (χ4v) is 3.50. The maximum atomic E-state index is 12.4. The van der Waals surface area contributed by atoms with Gasteiger partial charge in [-0.15, -0.1) is 0 Å². The first-order valence-corrected chi connectivity index (χ1v) is 8.75. The van der Waals surface area contributed by atoms with Crippen molar-refractivity contribution in [3.05, 3.63) is 48.6 Å². The Kier molecular flexibility index (Phi) is 5.83. The molecule has 2 aliphatic heterocycles. The number of amides is 2. The first-order chi connectivity index (χ1) is 12.2. The van der Waals surface area contributed by atoms with E-state index in [2.05, 4.69) is 41.1 Å². The molecule has 134 valence electrons. The van der Waals surface area contributed by atoms with Gasteiger partial charge in [0.25, 0.3) is 0 Å². The Morgan fingerprint density at radius 3 is 2.84 bits per heavy atom. The number of carbonyl (C=O) groups excluding carboxylic acids is 2. The minimum absolute atomic E-state index is 0.0574. The summed E-state index contributed by atoms with van der Waals surface area (Å²) in [6.45, 7) is 7.51. The standard InChI is InChI=1S/C19H25N3O3/c1-2-18(23)20-9-8-19(24)22-13-16-17(14-22)25-11-10-21(16)12-15-6-4-3-5-7-15/h2-7,16-17H,1,8-14H2,(H,20,23)/t16-,17+/m1/s1. The van der Waals surface area contributed by atoms with E-state index in [1.54, 1.807) is 0 Å². The number of benzene rings is 1. The van der Waals surface area contributed by atoms with Crippen molar-refractivity contribution in [1.29, 1.82) is 0 Å². The molecule has 1 N–H and O–H groups in total. The topological polar surface area (TPSA) is 61.9 Å². The third-order valence-electron chi connectivity index (χ3n) is 4.82. The van der Waals surface area contributed by atoms with Crippen molar-refractivity contribution in [3.63, 3.8) is 0 Å². The first-order valence-electron chi connectivity index (χ1n) is 8.75. The Balaban J connectivity index is 1.54. The van der Waals surface area contributed by atoms with Gasteiger partial charge in [0.1, 0.15) is 0 Å². The van der Waals surface area contributed by atoms with Crippen LogP contribution in [0.1, 0.15) is 12.0 Å². The molecule has 0 radical (unpaired) electrons. The largest absolute Gasteiger partial charge is 0.373 e. The van der Waals surface area contributed by atoms with E-state index in [0.29, 0.717) is 32.7 Å². The van der Waals surface area contributed by atoms with Crippen LogP contribution < -0.4 is 5.32 Å². The number of nitrogens with one attached hydrogen (secondary N) is 1. The number of fused-ring (bicyclic) bond motifs is 1. The maximum absolute atomic E-state index is 12.4. The van der Waals surface area contributed by atoms with Crippen molar-refractivity contribution in [2.45, 2.75) is 25.1 Å². The predicted molar refractivity (Wildman–Crippen MR) is 94.8 cm³/mol. The summed E-state index contributed by atoms with van der Waals surface area (Å²) in [7, 11) is 0. The average molecular weight is 343 g/mol. The highest BCUT2D eigenvalue weighted by Crippen LogP contribution is 2.25. The van der Waals surface area contributed by atoms with E-state index < -0.39 is 0 Å². The minimum atomic E-state index is -0.250. The molecule has 6 heteroatoms. The highest BCUT2D eigenvalue weighted by atomic mass is 16.5. The summed E-state index contributed by atoms with van der Waals surface area (Å²) in [6.07, 6.45) is 1.59. The monoisotopic (exact) mass is 343 g/mol. The molecule has 1 aromatic rings. The molecule has 2 amide bonds. The molecule has 3 rings (SSSR count). The molecular weight excluding hydrogens is 318 g/mol. The van der Waals surface area contributed by atoms with Gasteiger partial charge in [-0.2, -0.15) is 0 Å². The van der Waals surface area contributed by atoms with Crippen LogP contribution in [0.15, 0.2) is 43.0 Å². The lowest BCUT2D eigenvalue weighted by molar-refractivity contribution is -0.130. The van der Waals surface area contributed by atoms with E-state index in [9.17, 15) is 9.59 Å². The number of rotatable bonds is 6. The van der Waals surface area contributed by atoms with E-state index in [4.69, 9.17) is 4.74 Å². The molecule has 0 aromatic heterocycles. The summed E-state index contributed by atoms with van der Waals surface area (Å²) < 4.78 is 5.89. The van der Waals surface area contributed by atoms with Crippen LogP contribution in [0.4, 0.5) is 0 Å². The predicted octanol–water partition coefficient (Wildman–Crippen LogP) is 0.791. The summed E-state index contributed by atoms with van der Waals surface area (Å²) in [5.74, 6) is -0.192. The molecule has 6 nitrogen and oxygen atoms in total. The number of morpholine rings is 1. The van der Waals surface area contributed by atoms with Crippen molar-refractivity contribution in [2.75, 3.05) is 32.8 Å². The molecule has 1 aromatic carbocycles. The van der Waals surface area contributed by atoms with E-state index in [1.807, 2.05) is 11.0 Å². The molecule has 2 fully saturated rings. The lowest BCUT2D eigenvalue weighted by Crippen LogP contribution is -2.50. The Morgan fingerprint density at radius 2 is 2.08 bits per heavy atom. The summed E-state index contributed by atoms with van der Waals surface area (Å²) in [6, 6.07) is 10.6. The van der Waals surface area contributed by atoms with E-state index in [1.165, 1.54) is 11.6 Å². The van der Waals surface area contributed by atoms with Crippen LogP contribution in [0, 0.1) is 0 Å². The zero-order valence-electron chi connectivity index (χ0n) is 14.4. The fourth-order valence-electron chi connectivity index (χ4n) is 3.50. The SMILES string of the molecule is C=CC(=O)NCCC(=O)N1C[C@@H]2OCCN(Cc3ccccc3)[C@@H]2C1. The molecular formula is C19H25N3O3. The number of nitrogens with zero attached hydrogens (tertiary/aromatic N) is 2. The lowest BCUT2D eigenvalue weighted by atomic mass is 10.1. The number of hydrogen-bond donors (Lipinski definition) is 1. The van der Waals surface area contributed by atoms with Gasteiger partial charge in [0.15, 0.2) is 0 Å². The van der Waals surface area contributed by atoms with Crippen LogP contribution >= 0.6 is 0 Å². The van der Waals surface area contributed by atoms with Crippen LogP contribution in [0.3, 0.4) is 0 Å². The molecule has 2 heterocycles. The van der Waals surface area contributed by atoms with Crippen LogP contribution in [0.25, 0.3) is 0 Å². The van der Waals surface area contributed by atoms with E-state index >= 15 is 0 Å². The second-order valence-electron chi connectivity index (χ2n) is 6.48. The van der Waals surface area contributed by atoms with Gasteiger partial charge in [-0.25, -0.2) is 0 Å². The number of likely N-dealkylation sites (tertiary alicyclic amines) is 1. The second kappa shape index (κ2) is 8.27. The molecule has 0 spiro atoms. The summed E-state index contributed by atoms with van der Waals surface area (Å²) in [5.41, 5.74) is 1.28. The Morgan fingerprint density at radius 1 is 1.28 bits per heavy atom. The number of hydrogen-bond acceptors (Lipinski definition) is 4. The Bertz CT molecular complexity index is 620. The molecule has 0 unspecified atom stereocenters. The van der Waals surface area contributed by atoms with Gasteiger partial charge < -0.3 is 15.0 Å². The zero-order valence-corrected chi connectivity index (χ0v) is 14.4. The minimum Gasteiger partial charge on any atom is -0.373 e. The van der Waals surface area contributed by atoms with Gasteiger partial charge in [-0.1, -0.05) is 36.9 Å². The quantitative estimate of drug-likeness (QED) is 0.776. The van der Waals surface area contributed by atoms with Crippen molar-refractivity contribution in [3.8, 4) is 0 Å². The van der Waals surface area contributed by atoms with Gasteiger partial charge in [0.2, 0.25) is 11.8 Å². The average Bonchev–Trinajstić information content (AvgIpc) is 3.08. The second-order valence-corrected chi connectivity index (χ2v) is 6.48. The molecule has 0 saturated carbocycles. The van der Waals surface area contributed by atoms with Crippen LogP contribution in [-0.2, 0) is 20.9 Å². The molecule has 0 bridgehead atoms. The third-order valence-corrected chi connectivity index (χ3v) is 4.82. The first kappa shape index (κ1) is 17.6. The summed E-state index contributed by atoms with van der Waals surface area (Å²) in [4.78, 5) is 27.8. The Hall–Kier alpha value is -2.18. The van der Waals surface area contributed by atoms with Crippen molar-refractivity contribution >= 4 is 11.8 Å². The lowest BCUT2D eigenvalue weighted by Gasteiger charge is -2.36. The zero-order chi connectivity index (χ0) is 17.6. The Labute approximate surface area is 148 Å². The van der Waals surface area contributed by atoms with Crippen molar-refractivity contribution < 1.29 is 14.3 Å².